The molecule has 3 rings (SSSR count). The van der Waals surface area contributed by atoms with Gasteiger partial charge in [-0.05, 0) is 18.2 Å². The van der Waals surface area contributed by atoms with Crippen molar-refractivity contribution in [1.82, 2.24) is 19.9 Å². The molecule has 0 atom stereocenters. The highest BCUT2D eigenvalue weighted by Crippen LogP contribution is 2.34. The molecule has 3 aromatic rings. The summed E-state index contributed by atoms with van der Waals surface area (Å²) >= 11 is 0. The van der Waals surface area contributed by atoms with Crippen LogP contribution in [0.15, 0.2) is 30.9 Å². The number of rotatable bonds is 3. The minimum Gasteiger partial charge on any atom is -0.497 e. The van der Waals surface area contributed by atoms with Crippen LogP contribution in [0.1, 0.15) is 0 Å². The molecule has 0 aliphatic rings. The summed E-state index contributed by atoms with van der Waals surface area (Å²) in [6.45, 7) is 0. The molecule has 0 aliphatic heterocycles. The van der Waals surface area contributed by atoms with Gasteiger partial charge >= 0.3 is 0 Å². The number of aromatic nitrogens is 4. The fraction of sp³-hybridized carbons (Fsp3) is 0.154. The van der Waals surface area contributed by atoms with Gasteiger partial charge in [0.05, 0.1) is 20.5 Å². The van der Waals surface area contributed by atoms with Crippen LogP contribution in [-0.2, 0) is 0 Å². The first-order valence-corrected chi connectivity index (χ1v) is 5.70. The van der Waals surface area contributed by atoms with Crippen molar-refractivity contribution in [2.24, 2.45) is 0 Å². The summed E-state index contributed by atoms with van der Waals surface area (Å²) in [4.78, 5) is 15.6. The molecule has 2 aromatic heterocycles. The predicted molar refractivity (Wildman–Crippen MR) is 70.2 cm³/mol. The third-order valence-electron chi connectivity index (χ3n) is 2.88. The number of methoxy groups -OCH3 is 2. The first kappa shape index (κ1) is 11.5. The zero-order valence-electron chi connectivity index (χ0n) is 10.5. The van der Waals surface area contributed by atoms with Crippen LogP contribution < -0.4 is 9.47 Å². The first-order chi connectivity index (χ1) is 9.33. The van der Waals surface area contributed by atoms with Gasteiger partial charge in [-0.1, -0.05) is 0 Å². The normalized spacial score (nSPS) is 10.6. The lowest BCUT2D eigenvalue weighted by Crippen LogP contribution is -1.94. The number of nitrogens with zero attached hydrogens (tertiary/aromatic N) is 3. The van der Waals surface area contributed by atoms with Crippen molar-refractivity contribution in [3.05, 3.63) is 30.9 Å². The molecular formula is C13H12N4O2. The van der Waals surface area contributed by atoms with E-state index < -0.39 is 0 Å². The highest BCUT2D eigenvalue weighted by molar-refractivity contribution is 5.89. The Balaban J connectivity index is 2.28. The first-order valence-electron chi connectivity index (χ1n) is 5.70. The van der Waals surface area contributed by atoms with Crippen molar-refractivity contribution in [3.63, 3.8) is 0 Å². The molecule has 96 valence electrons. The molecule has 0 unspecified atom stereocenters. The van der Waals surface area contributed by atoms with Gasteiger partial charge in [-0.25, -0.2) is 15.0 Å². The smallest absolute Gasteiger partial charge is 0.181 e. The minimum absolute atomic E-state index is 0.620. The van der Waals surface area contributed by atoms with Gasteiger partial charge in [-0.15, -0.1) is 0 Å². The lowest BCUT2D eigenvalue weighted by molar-refractivity contribution is 0.404. The molecule has 0 saturated carbocycles. The van der Waals surface area contributed by atoms with Crippen LogP contribution >= 0.6 is 0 Å². The van der Waals surface area contributed by atoms with Crippen molar-refractivity contribution in [2.45, 2.75) is 0 Å². The van der Waals surface area contributed by atoms with E-state index >= 15 is 0 Å². The zero-order chi connectivity index (χ0) is 13.2. The molecule has 0 saturated heterocycles. The number of H-pyrrole nitrogens is 1. The van der Waals surface area contributed by atoms with Gasteiger partial charge in [0, 0.05) is 5.56 Å². The van der Waals surface area contributed by atoms with Crippen LogP contribution in [0.3, 0.4) is 0 Å². The Morgan fingerprint density at radius 2 is 1.95 bits per heavy atom. The zero-order valence-corrected chi connectivity index (χ0v) is 10.5. The lowest BCUT2D eigenvalue weighted by atomic mass is 10.1. The standard InChI is InChI=1S/C13H12N4O2/c1-18-8-3-4-10(19-2)9(5-8)11-12-13(16-6-14-11)17-7-15-12/h3-7H,1-2H3,(H,14,15,16,17). The van der Waals surface area contributed by atoms with Gasteiger partial charge in [0.15, 0.2) is 5.65 Å². The number of ether oxygens (including phenoxy) is 2. The molecule has 0 amide bonds. The van der Waals surface area contributed by atoms with E-state index in [-0.39, 0.29) is 0 Å². The maximum Gasteiger partial charge on any atom is 0.181 e. The van der Waals surface area contributed by atoms with Crippen LogP contribution in [0.2, 0.25) is 0 Å². The predicted octanol–water partition coefficient (Wildman–Crippen LogP) is 2.04. The summed E-state index contributed by atoms with van der Waals surface area (Å²) < 4.78 is 10.6. The summed E-state index contributed by atoms with van der Waals surface area (Å²) in [5.74, 6) is 1.46. The number of hydrogen-bond acceptors (Lipinski definition) is 5. The molecule has 6 nitrogen and oxygen atoms in total. The van der Waals surface area contributed by atoms with Gasteiger partial charge in [-0.3, -0.25) is 0 Å². The Labute approximate surface area is 109 Å². The Hall–Kier alpha value is -2.63. The van der Waals surface area contributed by atoms with Crippen molar-refractivity contribution < 1.29 is 9.47 Å². The molecular weight excluding hydrogens is 244 g/mol. The number of aromatic amines is 1. The van der Waals surface area contributed by atoms with Crippen molar-refractivity contribution in [1.29, 1.82) is 0 Å². The summed E-state index contributed by atoms with van der Waals surface area (Å²) in [6, 6.07) is 5.56. The number of hydrogen-bond donors (Lipinski definition) is 1. The molecule has 19 heavy (non-hydrogen) atoms. The molecule has 2 heterocycles. The fourth-order valence-electron chi connectivity index (χ4n) is 1.97. The maximum absolute atomic E-state index is 5.37. The largest absolute Gasteiger partial charge is 0.497 e. The lowest BCUT2D eigenvalue weighted by Gasteiger charge is -2.10. The minimum atomic E-state index is 0.620. The average molecular weight is 256 g/mol. The third-order valence-corrected chi connectivity index (χ3v) is 2.88. The van der Waals surface area contributed by atoms with E-state index in [9.17, 15) is 0 Å². The van der Waals surface area contributed by atoms with Crippen molar-refractivity contribution in [2.75, 3.05) is 14.2 Å². The molecule has 6 heteroatoms. The van der Waals surface area contributed by atoms with E-state index in [1.807, 2.05) is 18.2 Å². The van der Waals surface area contributed by atoms with E-state index in [2.05, 4.69) is 19.9 Å². The van der Waals surface area contributed by atoms with Crippen LogP contribution in [-0.4, -0.2) is 34.2 Å². The molecule has 1 aromatic carbocycles. The molecule has 0 radical (unpaired) electrons. The average Bonchev–Trinajstić information content (AvgIpc) is 2.94. The maximum atomic E-state index is 5.37. The molecule has 0 bridgehead atoms. The number of imidazole rings is 1. The molecule has 0 aliphatic carbocycles. The van der Waals surface area contributed by atoms with E-state index in [1.54, 1.807) is 20.5 Å². The Bertz CT molecular complexity index is 723. The van der Waals surface area contributed by atoms with Gasteiger partial charge in [0.25, 0.3) is 0 Å². The van der Waals surface area contributed by atoms with Crippen LogP contribution in [0.25, 0.3) is 22.4 Å². The van der Waals surface area contributed by atoms with E-state index in [0.717, 1.165) is 28.3 Å². The van der Waals surface area contributed by atoms with Crippen molar-refractivity contribution >= 4 is 11.2 Å². The summed E-state index contributed by atoms with van der Waals surface area (Å²) in [7, 11) is 3.24. The summed E-state index contributed by atoms with van der Waals surface area (Å²) in [6.07, 6.45) is 3.08. The van der Waals surface area contributed by atoms with Crippen LogP contribution in [0.5, 0.6) is 11.5 Å². The number of nitrogens with one attached hydrogen (secondary N) is 1. The highest BCUT2D eigenvalue weighted by atomic mass is 16.5. The number of benzene rings is 1. The van der Waals surface area contributed by atoms with Gasteiger partial charge in [0.2, 0.25) is 0 Å². The quantitative estimate of drug-likeness (QED) is 0.776. The third kappa shape index (κ3) is 1.87. The van der Waals surface area contributed by atoms with Gasteiger partial charge in [-0.2, -0.15) is 0 Å². The summed E-state index contributed by atoms with van der Waals surface area (Å²) in [5, 5.41) is 0. The van der Waals surface area contributed by atoms with E-state index in [1.165, 1.54) is 6.33 Å². The van der Waals surface area contributed by atoms with Crippen LogP contribution in [0.4, 0.5) is 0 Å². The SMILES string of the molecule is COc1ccc(OC)c(-c2ncnc3nc[nH]c23)c1. The monoisotopic (exact) mass is 256 g/mol. The highest BCUT2D eigenvalue weighted by Gasteiger charge is 2.14. The molecule has 0 spiro atoms. The van der Waals surface area contributed by atoms with E-state index in [0.29, 0.717) is 5.65 Å². The Morgan fingerprint density at radius 3 is 2.74 bits per heavy atom. The second-order valence-electron chi connectivity index (χ2n) is 3.89. The second kappa shape index (κ2) is 4.56. The van der Waals surface area contributed by atoms with Gasteiger partial charge in [0.1, 0.15) is 29.0 Å². The molecule has 0 fully saturated rings. The Kier molecular flexibility index (Phi) is 2.75. The molecule has 1 N–H and O–H groups in total. The van der Waals surface area contributed by atoms with E-state index in [4.69, 9.17) is 9.47 Å². The van der Waals surface area contributed by atoms with Crippen molar-refractivity contribution in [3.8, 4) is 22.8 Å². The second-order valence-corrected chi connectivity index (χ2v) is 3.89. The van der Waals surface area contributed by atoms with Crippen LogP contribution in [0, 0.1) is 0 Å². The fourth-order valence-corrected chi connectivity index (χ4v) is 1.97. The Morgan fingerprint density at radius 1 is 1.05 bits per heavy atom. The van der Waals surface area contributed by atoms with Gasteiger partial charge < -0.3 is 14.5 Å². The summed E-state index contributed by atoms with van der Waals surface area (Å²) in [5.41, 5.74) is 2.96. The number of fused-ring (bicyclic) bond motifs is 1. The topological polar surface area (TPSA) is 72.9 Å².